The number of rotatable bonds is 2. The van der Waals surface area contributed by atoms with Crippen LogP contribution in [-0.2, 0) is 10.2 Å². The minimum Gasteiger partial charge on any atom is -0.430 e. The van der Waals surface area contributed by atoms with Gasteiger partial charge in [-0.2, -0.15) is 8.42 Å². The summed E-state index contributed by atoms with van der Waals surface area (Å²) in [5.41, 5.74) is 0. The Morgan fingerprint density at radius 3 is 2.33 bits per heavy atom. The Bertz CT molecular complexity index is 590. The molecule has 100 valence electrons. The fourth-order valence-corrected chi connectivity index (χ4v) is 2.29. The molecule has 0 bridgehead atoms. The normalized spacial score (nSPS) is 11.2. The van der Waals surface area contributed by atoms with Crippen LogP contribution < -0.4 is 4.74 Å². The number of halogens is 3. The van der Waals surface area contributed by atoms with Crippen molar-refractivity contribution in [3.8, 4) is 5.75 Å². The van der Waals surface area contributed by atoms with Crippen molar-refractivity contribution in [3.63, 3.8) is 0 Å². The molecule has 0 amide bonds. The molecule has 0 spiro atoms. The van der Waals surface area contributed by atoms with E-state index in [0.717, 1.165) is 6.07 Å². The lowest BCUT2D eigenvalue weighted by Crippen LogP contribution is -2.25. The largest absolute Gasteiger partial charge is 0.430 e. The third-order valence-corrected chi connectivity index (χ3v) is 4.13. The summed E-state index contributed by atoms with van der Waals surface area (Å²) in [5.74, 6) is 0.0489. The van der Waals surface area contributed by atoms with Gasteiger partial charge in [0.25, 0.3) is 5.17 Å². The molecule has 1 aromatic carbocycles. The molecular weight excluding hydrogens is 324 g/mol. The van der Waals surface area contributed by atoms with E-state index in [2.05, 4.69) is 0 Å². The Balaban J connectivity index is 3.21. The summed E-state index contributed by atoms with van der Waals surface area (Å²) >= 11 is 16.3. The summed E-state index contributed by atoms with van der Waals surface area (Å²) in [6.07, 6.45) is 0. The Hall–Kier alpha value is -0.630. The highest BCUT2D eigenvalue weighted by atomic mass is 35.5. The molecule has 9 heteroatoms. The third kappa shape index (κ3) is 3.44. The Labute approximate surface area is 119 Å². The molecule has 1 rings (SSSR count). The topological polar surface area (TPSA) is 46.6 Å². The Kier molecular flexibility index (Phi) is 4.77. The highest BCUT2D eigenvalue weighted by molar-refractivity contribution is 7.86. The number of nitrogens with zero attached hydrogens (tertiary/aromatic N) is 1. The Morgan fingerprint density at radius 2 is 1.89 bits per heavy atom. The minimum absolute atomic E-state index is 0.0489. The maximum absolute atomic E-state index is 12.8. The van der Waals surface area contributed by atoms with Crippen LogP contribution in [0.15, 0.2) is 17.0 Å². The van der Waals surface area contributed by atoms with Gasteiger partial charge in [-0.05, 0) is 24.4 Å². The van der Waals surface area contributed by atoms with E-state index in [-0.39, 0.29) is 15.9 Å². The maximum atomic E-state index is 12.8. The second kappa shape index (κ2) is 5.56. The van der Waals surface area contributed by atoms with Crippen molar-refractivity contribution in [2.45, 2.75) is 4.90 Å². The van der Waals surface area contributed by atoms with E-state index in [0.29, 0.717) is 0 Å². The van der Waals surface area contributed by atoms with E-state index < -0.39 is 20.1 Å². The average Bonchev–Trinajstić information content (AvgIpc) is 2.22. The van der Waals surface area contributed by atoms with Gasteiger partial charge in [0.1, 0.15) is 9.92 Å². The van der Waals surface area contributed by atoms with E-state index in [1.165, 1.54) is 11.0 Å². The van der Waals surface area contributed by atoms with E-state index in [1.807, 2.05) is 0 Å². The van der Waals surface area contributed by atoms with E-state index >= 15 is 0 Å². The van der Waals surface area contributed by atoms with Gasteiger partial charge in [-0.3, -0.25) is 0 Å². The molecule has 0 aliphatic heterocycles. The summed E-state index contributed by atoms with van der Waals surface area (Å²) in [6.45, 7) is 0. The molecule has 0 heterocycles. The third-order valence-electron chi connectivity index (χ3n) is 1.84. The minimum atomic E-state index is -4.93. The van der Waals surface area contributed by atoms with Gasteiger partial charge in [-0.1, -0.05) is 23.2 Å². The van der Waals surface area contributed by atoms with Crippen molar-refractivity contribution in [2.24, 2.45) is 0 Å². The first-order valence-corrected chi connectivity index (χ1v) is 7.01. The van der Waals surface area contributed by atoms with E-state index in [4.69, 9.17) is 40.2 Å². The van der Waals surface area contributed by atoms with E-state index in [9.17, 15) is 12.3 Å². The van der Waals surface area contributed by atoms with Crippen LogP contribution in [0.25, 0.3) is 0 Å². The molecule has 0 fully saturated rings. The molecule has 4 nitrogen and oxygen atoms in total. The fourth-order valence-electron chi connectivity index (χ4n) is 0.967. The van der Waals surface area contributed by atoms with Crippen molar-refractivity contribution in [1.29, 1.82) is 0 Å². The summed E-state index contributed by atoms with van der Waals surface area (Å²) in [4.78, 5) is 0.789. The zero-order valence-corrected chi connectivity index (χ0v) is 12.4. The second-order valence-electron chi connectivity index (χ2n) is 3.39. The molecule has 0 N–H and O–H groups in total. The lowest BCUT2D eigenvalue weighted by Gasteiger charge is -2.15. The van der Waals surface area contributed by atoms with Crippen LogP contribution >= 0.6 is 35.4 Å². The van der Waals surface area contributed by atoms with Crippen LogP contribution in [-0.4, -0.2) is 32.6 Å². The highest BCUT2D eigenvalue weighted by Gasteiger charge is 2.21. The SMILES string of the molecule is CN(C)C(=S)Oc1ccc(S(=O)(=O)F)c(Cl)c1Cl. The fraction of sp³-hybridized carbons (Fsp3) is 0.222. The quantitative estimate of drug-likeness (QED) is 0.616. The van der Waals surface area contributed by atoms with Crippen LogP contribution in [0.4, 0.5) is 3.89 Å². The molecule has 0 aliphatic rings. The number of thiocarbonyl (C=S) groups is 1. The number of hydrogen-bond donors (Lipinski definition) is 0. The summed E-state index contributed by atoms with van der Waals surface area (Å²) in [7, 11) is -1.63. The monoisotopic (exact) mass is 331 g/mol. The average molecular weight is 332 g/mol. The molecule has 18 heavy (non-hydrogen) atoms. The smallest absolute Gasteiger partial charge is 0.333 e. The van der Waals surface area contributed by atoms with Crippen molar-refractivity contribution in [1.82, 2.24) is 4.90 Å². The molecule has 0 radical (unpaired) electrons. The summed E-state index contributed by atoms with van der Waals surface area (Å²) in [6, 6.07) is 2.13. The molecule has 0 atom stereocenters. The van der Waals surface area contributed by atoms with Gasteiger partial charge in [0.2, 0.25) is 0 Å². The number of ether oxygens (including phenoxy) is 1. The van der Waals surface area contributed by atoms with Crippen molar-refractivity contribution < 1.29 is 17.0 Å². The van der Waals surface area contributed by atoms with Crippen molar-refractivity contribution in [2.75, 3.05) is 14.1 Å². The van der Waals surface area contributed by atoms with E-state index in [1.54, 1.807) is 14.1 Å². The molecule has 0 saturated heterocycles. The molecular formula is C9H8Cl2FNO3S2. The summed E-state index contributed by atoms with van der Waals surface area (Å²) in [5, 5.41) is -0.568. The highest BCUT2D eigenvalue weighted by Crippen LogP contribution is 2.37. The van der Waals surface area contributed by atoms with Gasteiger partial charge in [0, 0.05) is 14.1 Å². The zero-order valence-electron chi connectivity index (χ0n) is 9.28. The van der Waals surface area contributed by atoms with Gasteiger partial charge < -0.3 is 9.64 Å². The molecule has 0 saturated carbocycles. The molecule has 0 unspecified atom stereocenters. The molecule has 0 aliphatic carbocycles. The number of benzene rings is 1. The molecule has 1 aromatic rings. The van der Waals surface area contributed by atoms with Gasteiger partial charge in [0.05, 0.1) is 5.02 Å². The molecule has 0 aromatic heterocycles. The first-order valence-electron chi connectivity index (χ1n) is 4.46. The van der Waals surface area contributed by atoms with Gasteiger partial charge in [-0.25, -0.2) is 0 Å². The zero-order chi connectivity index (χ0) is 14.1. The van der Waals surface area contributed by atoms with Crippen molar-refractivity contribution in [3.05, 3.63) is 22.2 Å². The van der Waals surface area contributed by atoms with Crippen LogP contribution in [0.3, 0.4) is 0 Å². The first kappa shape index (κ1) is 15.4. The summed E-state index contributed by atoms with van der Waals surface area (Å²) < 4.78 is 39.5. The van der Waals surface area contributed by atoms with Gasteiger partial charge >= 0.3 is 10.2 Å². The standard InChI is InChI=1S/C9H8Cl2FNO3S2/c1-13(2)9(17)16-5-3-4-6(18(12,14)15)8(11)7(5)10/h3-4H,1-2H3. The lowest BCUT2D eigenvalue weighted by atomic mass is 10.3. The number of hydrogen-bond acceptors (Lipinski definition) is 4. The Morgan fingerprint density at radius 1 is 1.33 bits per heavy atom. The van der Waals surface area contributed by atoms with Crippen LogP contribution in [0.1, 0.15) is 0 Å². The van der Waals surface area contributed by atoms with Crippen LogP contribution in [0.2, 0.25) is 10.0 Å². The second-order valence-corrected chi connectivity index (χ2v) is 5.81. The van der Waals surface area contributed by atoms with Crippen LogP contribution in [0.5, 0.6) is 5.75 Å². The maximum Gasteiger partial charge on any atom is 0.333 e. The lowest BCUT2D eigenvalue weighted by molar-refractivity contribution is 0.449. The van der Waals surface area contributed by atoms with Crippen molar-refractivity contribution >= 4 is 50.8 Å². The predicted octanol–water partition coefficient (Wildman–Crippen LogP) is 2.88. The predicted molar refractivity (Wildman–Crippen MR) is 71.7 cm³/mol. The van der Waals surface area contributed by atoms with Gasteiger partial charge in [-0.15, -0.1) is 3.89 Å². The van der Waals surface area contributed by atoms with Gasteiger partial charge in [0.15, 0.2) is 5.75 Å². The first-order chi connectivity index (χ1) is 8.14. The van der Waals surface area contributed by atoms with Crippen LogP contribution in [0, 0.1) is 0 Å².